The van der Waals surface area contributed by atoms with Gasteiger partial charge in [0.2, 0.25) is 5.91 Å². The molecule has 0 aromatic carbocycles. The molecule has 84 valence electrons. The number of halogens is 1. The van der Waals surface area contributed by atoms with Gasteiger partial charge in [-0.05, 0) is 0 Å². The third-order valence-electron chi connectivity index (χ3n) is 1.87. The number of rotatable bonds is 6. The van der Waals surface area contributed by atoms with E-state index in [1.807, 2.05) is 0 Å². The summed E-state index contributed by atoms with van der Waals surface area (Å²) in [4.78, 5) is 13.0. The summed E-state index contributed by atoms with van der Waals surface area (Å²) in [6.45, 7) is 2.26. The van der Waals surface area contributed by atoms with E-state index < -0.39 is 6.10 Å². The monoisotopic (exact) mass is 223 g/mol. The van der Waals surface area contributed by atoms with Crippen LogP contribution in [-0.2, 0) is 9.53 Å². The normalized spacial score (nSPS) is 14.9. The summed E-state index contributed by atoms with van der Waals surface area (Å²) < 4.78 is 4.76. The molecule has 0 fully saturated rings. The fourth-order valence-electron chi connectivity index (χ4n) is 1.09. The lowest BCUT2D eigenvalue weighted by Crippen LogP contribution is -2.39. The van der Waals surface area contributed by atoms with E-state index in [-0.39, 0.29) is 25.0 Å². The first kappa shape index (κ1) is 13.7. The zero-order chi connectivity index (χ0) is 11.1. The summed E-state index contributed by atoms with van der Waals surface area (Å²) in [6, 6.07) is 0. The van der Waals surface area contributed by atoms with Gasteiger partial charge in [0.15, 0.2) is 0 Å². The first-order valence-electron chi connectivity index (χ1n) is 4.50. The van der Waals surface area contributed by atoms with Crippen molar-refractivity contribution in [2.24, 2.45) is 5.92 Å². The Morgan fingerprint density at radius 3 is 2.64 bits per heavy atom. The number of hydrogen-bond acceptors (Lipinski definition) is 3. The lowest BCUT2D eigenvalue weighted by Gasteiger charge is -2.22. The average Bonchev–Trinajstić information content (AvgIpc) is 2.15. The number of methoxy groups -OCH3 is 1. The maximum Gasteiger partial charge on any atom is 0.226 e. The van der Waals surface area contributed by atoms with Crippen molar-refractivity contribution in [2.75, 3.05) is 33.2 Å². The van der Waals surface area contributed by atoms with Gasteiger partial charge in [0.25, 0.3) is 0 Å². The molecule has 1 amide bonds. The van der Waals surface area contributed by atoms with Crippen LogP contribution in [0.15, 0.2) is 0 Å². The SMILES string of the molecule is COCC(O)CN(C)C(=O)C(C)CCl. The Morgan fingerprint density at radius 2 is 2.21 bits per heavy atom. The summed E-state index contributed by atoms with van der Waals surface area (Å²) >= 11 is 5.55. The van der Waals surface area contributed by atoms with Gasteiger partial charge >= 0.3 is 0 Å². The van der Waals surface area contributed by atoms with Crippen molar-refractivity contribution in [1.29, 1.82) is 0 Å². The van der Waals surface area contributed by atoms with Crippen molar-refractivity contribution >= 4 is 17.5 Å². The molecule has 14 heavy (non-hydrogen) atoms. The number of carbonyl (C=O) groups is 1. The lowest BCUT2D eigenvalue weighted by atomic mass is 10.2. The van der Waals surface area contributed by atoms with Gasteiger partial charge in [-0.25, -0.2) is 0 Å². The van der Waals surface area contributed by atoms with E-state index in [1.165, 1.54) is 12.0 Å². The van der Waals surface area contributed by atoms with Crippen molar-refractivity contribution in [1.82, 2.24) is 4.90 Å². The topological polar surface area (TPSA) is 49.8 Å². The fourth-order valence-corrected chi connectivity index (χ4v) is 1.23. The lowest BCUT2D eigenvalue weighted by molar-refractivity contribution is -0.134. The predicted molar refractivity (Wildman–Crippen MR) is 55.4 cm³/mol. The van der Waals surface area contributed by atoms with E-state index in [0.29, 0.717) is 5.88 Å². The van der Waals surface area contributed by atoms with Crippen molar-refractivity contribution in [2.45, 2.75) is 13.0 Å². The minimum Gasteiger partial charge on any atom is -0.389 e. The highest BCUT2D eigenvalue weighted by Gasteiger charge is 2.18. The summed E-state index contributed by atoms with van der Waals surface area (Å²) in [5.74, 6) is 0.0235. The van der Waals surface area contributed by atoms with Crippen LogP contribution in [0.25, 0.3) is 0 Å². The quantitative estimate of drug-likeness (QED) is 0.661. The molecule has 0 aliphatic carbocycles. The summed E-state index contributed by atoms with van der Waals surface area (Å²) in [5.41, 5.74) is 0. The van der Waals surface area contributed by atoms with E-state index in [4.69, 9.17) is 16.3 Å². The molecule has 0 bridgehead atoms. The molecule has 0 saturated heterocycles. The van der Waals surface area contributed by atoms with Crippen molar-refractivity contribution in [3.8, 4) is 0 Å². The summed E-state index contributed by atoms with van der Waals surface area (Å²) in [7, 11) is 3.15. The van der Waals surface area contributed by atoms with Crippen LogP contribution in [0, 0.1) is 5.92 Å². The first-order chi connectivity index (χ1) is 6.52. The molecule has 0 spiro atoms. The van der Waals surface area contributed by atoms with Crippen molar-refractivity contribution < 1.29 is 14.6 Å². The van der Waals surface area contributed by atoms with E-state index in [2.05, 4.69) is 0 Å². The number of carbonyl (C=O) groups excluding carboxylic acids is 1. The second-order valence-corrected chi connectivity index (χ2v) is 3.69. The molecular weight excluding hydrogens is 206 g/mol. The van der Waals surface area contributed by atoms with Gasteiger partial charge in [0.1, 0.15) is 0 Å². The number of aliphatic hydroxyl groups is 1. The van der Waals surface area contributed by atoms with Crippen LogP contribution in [0.5, 0.6) is 0 Å². The summed E-state index contributed by atoms with van der Waals surface area (Å²) in [6.07, 6.45) is -0.642. The number of nitrogens with zero attached hydrogens (tertiary/aromatic N) is 1. The smallest absolute Gasteiger partial charge is 0.226 e. The second-order valence-electron chi connectivity index (χ2n) is 3.38. The molecule has 0 saturated carbocycles. The number of hydrogen-bond donors (Lipinski definition) is 1. The molecule has 0 aromatic heterocycles. The first-order valence-corrected chi connectivity index (χ1v) is 5.04. The molecule has 0 aliphatic heterocycles. The zero-order valence-corrected chi connectivity index (χ0v) is 9.62. The van der Waals surface area contributed by atoms with Gasteiger partial charge in [-0.15, -0.1) is 11.6 Å². The van der Waals surface area contributed by atoms with E-state index in [9.17, 15) is 9.90 Å². The molecule has 0 aromatic rings. The van der Waals surface area contributed by atoms with Crippen LogP contribution in [0.3, 0.4) is 0 Å². The van der Waals surface area contributed by atoms with Gasteiger partial charge in [0, 0.05) is 32.5 Å². The van der Waals surface area contributed by atoms with Gasteiger partial charge in [-0.2, -0.15) is 0 Å². The third kappa shape index (κ3) is 4.79. The maximum absolute atomic E-state index is 11.5. The summed E-state index contributed by atoms with van der Waals surface area (Å²) in [5, 5.41) is 9.37. The molecule has 0 radical (unpaired) electrons. The number of amides is 1. The standard InChI is InChI=1S/C9H18ClNO3/c1-7(4-10)9(13)11(2)5-8(12)6-14-3/h7-8,12H,4-6H2,1-3H3. The molecule has 1 N–H and O–H groups in total. The molecule has 0 rings (SSSR count). The predicted octanol–water partition coefficient (Wildman–Crippen LogP) is 0.327. The molecule has 5 heteroatoms. The van der Waals surface area contributed by atoms with Crippen LogP contribution in [0.1, 0.15) is 6.92 Å². The van der Waals surface area contributed by atoms with Gasteiger partial charge in [-0.3, -0.25) is 4.79 Å². The largest absolute Gasteiger partial charge is 0.389 e. The van der Waals surface area contributed by atoms with Crippen LogP contribution >= 0.6 is 11.6 Å². The van der Waals surface area contributed by atoms with Crippen LogP contribution < -0.4 is 0 Å². The highest BCUT2D eigenvalue weighted by molar-refractivity contribution is 6.19. The van der Waals surface area contributed by atoms with Crippen LogP contribution in [0.2, 0.25) is 0 Å². The molecule has 0 aliphatic rings. The van der Waals surface area contributed by atoms with Crippen LogP contribution in [0.4, 0.5) is 0 Å². The second kappa shape index (κ2) is 7.04. The van der Waals surface area contributed by atoms with Crippen molar-refractivity contribution in [3.05, 3.63) is 0 Å². The molecule has 2 unspecified atom stereocenters. The van der Waals surface area contributed by atoms with Gasteiger partial charge < -0.3 is 14.7 Å². The van der Waals surface area contributed by atoms with E-state index in [1.54, 1.807) is 14.0 Å². The Hall–Kier alpha value is -0.320. The number of likely N-dealkylation sites (N-methyl/N-ethyl adjacent to an activating group) is 1. The Kier molecular flexibility index (Phi) is 6.87. The minimum atomic E-state index is -0.642. The zero-order valence-electron chi connectivity index (χ0n) is 8.86. The Balaban J connectivity index is 3.94. The highest BCUT2D eigenvalue weighted by atomic mass is 35.5. The molecule has 4 nitrogen and oxygen atoms in total. The Labute approximate surface area is 89.8 Å². The number of alkyl halides is 1. The average molecular weight is 224 g/mol. The van der Waals surface area contributed by atoms with Crippen LogP contribution in [-0.4, -0.2) is 55.2 Å². The number of aliphatic hydroxyl groups excluding tert-OH is 1. The van der Waals surface area contributed by atoms with Crippen molar-refractivity contribution in [3.63, 3.8) is 0 Å². The fraction of sp³-hybridized carbons (Fsp3) is 0.889. The van der Waals surface area contributed by atoms with Gasteiger partial charge in [-0.1, -0.05) is 6.92 Å². The van der Waals surface area contributed by atoms with E-state index in [0.717, 1.165) is 0 Å². The minimum absolute atomic E-state index is 0.0600. The maximum atomic E-state index is 11.5. The molecule has 2 atom stereocenters. The van der Waals surface area contributed by atoms with Gasteiger partial charge in [0.05, 0.1) is 12.7 Å². The molecule has 0 heterocycles. The number of ether oxygens (including phenoxy) is 1. The third-order valence-corrected chi connectivity index (χ3v) is 2.34. The Bertz CT molecular complexity index is 177. The Morgan fingerprint density at radius 1 is 1.64 bits per heavy atom. The molecular formula is C9H18ClNO3. The van der Waals surface area contributed by atoms with E-state index >= 15 is 0 Å². The highest BCUT2D eigenvalue weighted by Crippen LogP contribution is 2.03.